The first-order chi connectivity index (χ1) is 8.08. The van der Waals surface area contributed by atoms with Crippen LogP contribution in [0.2, 0.25) is 5.02 Å². The van der Waals surface area contributed by atoms with Gasteiger partial charge < -0.3 is 0 Å². The largest absolute Gasteiger partial charge is 0.263 e. The molecule has 0 aliphatic carbocycles. The quantitative estimate of drug-likeness (QED) is 0.931. The molecule has 6 heteroatoms. The molecule has 0 fully saturated rings. The van der Waals surface area contributed by atoms with Gasteiger partial charge in [0.05, 0.1) is 4.90 Å². The van der Waals surface area contributed by atoms with Crippen molar-refractivity contribution < 1.29 is 8.42 Å². The van der Waals surface area contributed by atoms with Crippen LogP contribution in [0, 0.1) is 0 Å². The lowest BCUT2D eigenvalue weighted by molar-refractivity contribution is 0.601. The van der Waals surface area contributed by atoms with E-state index in [1.165, 1.54) is 24.4 Å². The van der Waals surface area contributed by atoms with Crippen LogP contribution in [-0.2, 0) is 10.0 Å². The van der Waals surface area contributed by atoms with Gasteiger partial charge in [0, 0.05) is 17.3 Å². The molecule has 0 radical (unpaired) electrons. The van der Waals surface area contributed by atoms with E-state index in [9.17, 15) is 8.42 Å². The Kier molecular flexibility index (Phi) is 3.31. The summed E-state index contributed by atoms with van der Waals surface area (Å²) in [4.78, 5) is 4.06. The molecule has 4 nitrogen and oxygen atoms in total. The highest BCUT2D eigenvalue weighted by atomic mass is 35.5. The second-order valence-corrected chi connectivity index (χ2v) is 5.40. The van der Waals surface area contributed by atoms with Crippen molar-refractivity contribution in [2.45, 2.75) is 4.90 Å². The van der Waals surface area contributed by atoms with E-state index in [-0.39, 0.29) is 10.7 Å². The molecule has 1 aromatic carbocycles. The molecule has 0 aliphatic heterocycles. The predicted molar refractivity (Wildman–Crippen MR) is 66.5 cm³/mol. The summed E-state index contributed by atoms with van der Waals surface area (Å²) in [6.07, 6.45) is 1.44. The Morgan fingerprint density at radius 3 is 2.47 bits per heavy atom. The van der Waals surface area contributed by atoms with Gasteiger partial charge >= 0.3 is 0 Å². The van der Waals surface area contributed by atoms with Gasteiger partial charge in [-0.1, -0.05) is 29.8 Å². The van der Waals surface area contributed by atoms with Crippen LogP contribution < -0.4 is 4.72 Å². The number of pyridine rings is 1. The minimum atomic E-state index is -3.60. The standard InChI is InChI=1S/C11H9ClN2O2S/c12-9-6-7-13-11(8-9)14-17(15,16)10-4-2-1-3-5-10/h1-8H,(H,13,14). The number of hydrogen-bond donors (Lipinski definition) is 1. The molecular formula is C11H9ClN2O2S. The Balaban J connectivity index is 2.30. The summed E-state index contributed by atoms with van der Waals surface area (Å²) < 4.78 is 26.2. The van der Waals surface area contributed by atoms with Gasteiger partial charge in [0.2, 0.25) is 0 Å². The number of sulfonamides is 1. The summed E-state index contributed by atoms with van der Waals surface area (Å²) in [5, 5.41) is 0.422. The lowest BCUT2D eigenvalue weighted by Crippen LogP contribution is -2.13. The van der Waals surface area contributed by atoms with Gasteiger partial charge in [0.15, 0.2) is 0 Å². The molecule has 0 bridgehead atoms. The van der Waals surface area contributed by atoms with Crippen molar-refractivity contribution in [1.82, 2.24) is 4.98 Å². The van der Waals surface area contributed by atoms with Crippen LogP contribution in [0.3, 0.4) is 0 Å². The molecule has 0 saturated carbocycles. The van der Waals surface area contributed by atoms with E-state index in [1.807, 2.05) is 0 Å². The Hall–Kier alpha value is -1.59. The number of hydrogen-bond acceptors (Lipinski definition) is 3. The fourth-order valence-corrected chi connectivity index (χ4v) is 2.44. The number of anilines is 1. The zero-order chi connectivity index (χ0) is 12.3. The third kappa shape index (κ3) is 2.95. The molecule has 0 aliphatic rings. The fourth-order valence-electron chi connectivity index (χ4n) is 1.26. The van der Waals surface area contributed by atoms with E-state index >= 15 is 0 Å². The predicted octanol–water partition coefficient (Wildman–Crippen LogP) is 2.54. The number of nitrogens with one attached hydrogen (secondary N) is 1. The lowest BCUT2D eigenvalue weighted by Gasteiger charge is -2.06. The number of benzene rings is 1. The molecule has 2 rings (SSSR count). The van der Waals surface area contributed by atoms with Crippen molar-refractivity contribution in [2.75, 3.05) is 4.72 Å². The van der Waals surface area contributed by atoms with Crippen molar-refractivity contribution in [3.63, 3.8) is 0 Å². The van der Waals surface area contributed by atoms with Crippen molar-refractivity contribution in [2.24, 2.45) is 0 Å². The zero-order valence-electron chi connectivity index (χ0n) is 8.67. The van der Waals surface area contributed by atoms with Crippen LogP contribution in [0.4, 0.5) is 5.82 Å². The summed E-state index contributed by atoms with van der Waals surface area (Å²) in [5.41, 5.74) is 0. The maximum Gasteiger partial charge on any atom is 0.263 e. The van der Waals surface area contributed by atoms with E-state index in [2.05, 4.69) is 9.71 Å². The Labute approximate surface area is 104 Å². The maximum atomic E-state index is 11.9. The Morgan fingerprint density at radius 1 is 1.12 bits per heavy atom. The van der Waals surface area contributed by atoms with Crippen LogP contribution in [-0.4, -0.2) is 13.4 Å². The number of halogens is 1. The van der Waals surface area contributed by atoms with Crippen LogP contribution >= 0.6 is 11.6 Å². The maximum absolute atomic E-state index is 11.9. The van der Waals surface area contributed by atoms with Crippen molar-refractivity contribution in [3.8, 4) is 0 Å². The summed E-state index contributed by atoms with van der Waals surface area (Å²) >= 11 is 5.74. The molecule has 1 aromatic heterocycles. The van der Waals surface area contributed by atoms with Gasteiger partial charge in [-0.3, -0.25) is 4.72 Å². The topological polar surface area (TPSA) is 59.1 Å². The minimum absolute atomic E-state index is 0.182. The molecule has 0 unspecified atom stereocenters. The first-order valence-electron chi connectivity index (χ1n) is 4.77. The summed E-state index contributed by atoms with van der Waals surface area (Å²) in [7, 11) is -3.60. The van der Waals surface area contributed by atoms with Gasteiger partial charge in [-0.25, -0.2) is 13.4 Å². The van der Waals surface area contributed by atoms with E-state index in [4.69, 9.17) is 11.6 Å². The molecule has 0 atom stereocenters. The highest BCUT2D eigenvalue weighted by molar-refractivity contribution is 7.92. The Bertz CT molecular complexity index is 614. The number of rotatable bonds is 3. The molecule has 0 spiro atoms. The minimum Gasteiger partial charge on any atom is -0.263 e. The average molecular weight is 269 g/mol. The van der Waals surface area contributed by atoms with Gasteiger partial charge in [-0.15, -0.1) is 0 Å². The first kappa shape index (κ1) is 11.9. The van der Waals surface area contributed by atoms with Crippen molar-refractivity contribution in [3.05, 3.63) is 53.7 Å². The molecule has 1 N–H and O–H groups in total. The molecule has 0 amide bonds. The van der Waals surface area contributed by atoms with E-state index in [1.54, 1.807) is 24.3 Å². The monoisotopic (exact) mass is 268 g/mol. The second-order valence-electron chi connectivity index (χ2n) is 3.28. The fraction of sp³-hybridized carbons (Fsp3) is 0. The zero-order valence-corrected chi connectivity index (χ0v) is 10.2. The van der Waals surface area contributed by atoms with Crippen LogP contribution in [0.15, 0.2) is 53.6 Å². The smallest absolute Gasteiger partial charge is 0.263 e. The summed E-state index contributed by atoms with van der Waals surface area (Å²) in [6, 6.07) is 11.1. The molecule has 0 saturated heterocycles. The molecule has 1 heterocycles. The van der Waals surface area contributed by atoms with Crippen LogP contribution in [0.25, 0.3) is 0 Å². The second kappa shape index (κ2) is 4.73. The average Bonchev–Trinajstić information content (AvgIpc) is 2.29. The van der Waals surface area contributed by atoms with Gasteiger partial charge in [-0.05, 0) is 18.2 Å². The highest BCUT2D eigenvalue weighted by Crippen LogP contribution is 2.16. The number of aromatic nitrogens is 1. The number of nitrogens with zero attached hydrogens (tertiary/aromatic N) is 1. The van der Waals surface area contributed by atoms with Gasteiger partial charge in [0.1, 0.15) is 5.82 Å². The highest BCUT2D eigenvalue weighted by Gasteiger charge is 2.13. The molecule has 2 aromatic rings. The summed E-state index contributed by atoms with van der Waals surface area (Å²) in [5.74, 6) is 0.196. The SMILES string of the molecule is O=S(=O)(Nc1cc(Cl)ccn1)c1ccccc1. The van der Waals surface area contributed by atoms with E-state index in [0.717, 1.165) is 0 Å². The van der Waals surface area contributed by atoms with Crippen molar-refractivity contribution in [1.29, 1.82) is 0 Å². The third-order valence-corrected chi connectivity index (χ3v) is 3.62. The van der Waals surface area contributed by atoms with Gasteiger partial charge in [-0.2, -0.15) is 0 Å². The van der Waals surface area contributed by atoms with Crippen molar-refractivity contribution >= 4 is 27.4 Å². The molecule has 88 valence electrons. The lowest BCUT2D eigenvalue weighted by atomic mass is 10.4. The molecule has 17 heavy (non-hydrogen) atoms. The first-order valence-corrected chi connectivity index (χ1v) is 6.63. The van der Waals surface area contributed by atoms with E-state index < -0.39 is 10.0 Å². The third-order valence-electron chi connectivity index (χ3n) is 2.01. The van der Waals surface area contributed by atoms with Gasteiger partial charge in [0.25, 0.3) is 10.0 Å². The van der Waals surface area contributed by atoms with Crippen LogP contribution in [0.1, 0.15) is 0 Å². The van der Waals surface area contributed by atoms with Crippen LogP contribution in [0.5, 0.6) is 0 Å². The Morgan fingerprint density at radius 2 is 1.82 bits per heavy atom. The van der Waals surface area contributed by atoms with E-state index in [0.29, 0.717) is 5.02 Å². The normalized spacial score (nSPS) is 11.1. The summed E-state index contributed by atoms with van der Waals surface area (Å²) in [6.45, 7) is 0. The molecular weight excluding hydrogens is 260 g/mol.